The van der Waals surface area contributed by atoms with Crippen LogP contribution in [0.3, 0.4) is 0 Å². The first-order valence-corrected chi connectivity index (χ1v) is 22.4. The van der Waals surface area contributed by atoms with E-state index >= 15 is 0 Å². The monoisotopic (exact) mass is 705 g/mol. The molecule has 0 saturated heterocycles. The number of nitrogens with one attached hydrogen (secondary N) is 1. The number of unbranched alkanes of at least 4 members (excludes halogenated alkanes) is 26. The lowest BCUT2D eigenvalue weighted by Crippen LogP contribution is -2.38. The van der Waals surface area contributed by atoms with E-state index in [1.165, 1.54) is 161 Å². The Bertz CT molecular complexity index is 691. The molecule has 0 aromatic rings. The molecule has 0 aliphatic rings. The van der Waals surface area contributed by atoms with Crippen LogP contribution in [0.2, 0.25) is 0 Å². The van der Waals surface area contributed by atoms with Gasteiger partial charge in [0, 0.05) is 13.2 Å². The lowest BCUT2D eigenvalue weighted by Gasteiger charge is -2.30. The Morgan fingerprint density at radius 3 is 1.33 bits per heavy atom. The molecule has 0 saturated carbocycles. The first kappa shape index (κ1) is 48.0. The maximum Gasteiger partial charge on any atom is 0.268 e. The van der Waals surface area contributed by atoms with Crippen molar-refractivity contribution >= 4 is 7.82 Å². The van der Waals surface area contributed by atoms with Gasteiger partial charge in [-0.25, -0.2) is 0 Å². The lowest BCUT2D eigenvalue weighted by atomic mass is 10.0. The van der Waals surface area contributed by atoms with Crippen molar-refractivity contribution in [1.29, 1.82) is 0 Å². The van der Waals surface area contributed by atoms with Gasteiger partial charge in [0.25, 0.3) is 7.82 Å². The van der Waals surface area contributed by atoms with Crippen molar-refractivity contribution in [3.05, 3.63) is 0 Å². The fourth-order valence-corrected chi connectivity index (χ4v) is 6.95. The van der Waals surface area contributed by atoms with Crippen LogP contribution in [0.25, 0.3) is 0 Å². The molecule has 0 amide bonds. The standard InChI is InChI=1S/C40H85N2O5P/c1-6-8-10-12-14-16-18-19-20-21-22-23-24-25-26-28-30-32-34-41-38-40(47-48(43,44)46-37-35-42(3,4)5)39-45-36-33-31-29-27-17-15-13-11-9-7-2/h40-41H,6-39H2,1-5H3. The molecule has 0 radical (unpaired) electrons. The van der Waals surface area contributed by atoms with E-state index in [9.17, 15) is 9.46 Å². The Morgan fingerprint density at radius 1 is 0.562 bits per heavy atom. The van der Waals surface area contributed by atoms with Gasteiger partial charge in [-0.2, -0.15) is 0 Å². The third kappa shape index (κ3) is 38.8. The minimum Gasteiger partial charge on any atom is -0.756 e. The zero-order chi connectivity index (χ0) is 35.4. The molecule has 0 heterocycles. The van der Waals surface area contributed by atoms with Crippen LogP contribution in [0, 0.1) is 0 Å². The largest absolute Gasteiger partial charge is 0.756 e. The maximum atomic E-state index is 12.5. The number of phosphoric ester groups is 1. The van der Waals surface area contributed by atoms with E-state index in [2.05, 4.69) is 19.2 Å². The number of hydrogen-bond acceptors (Lipinski definition) is 6. The predicted octanol–water partition coefficient (Wildman–Crippen LogP) is 11.1. The van der Waals surface area contributed by atoms with Gasteiger partial charge in [-0.15, -0.1) is 0 Å². The van der Waals surface area contributed by atoms with E-state index in [0.717, 1.165) is 25.8 Å². The van der Waals surface area contributed by atoms with Crippen molar-refractivity contribution in [1.82, 2.24) is 5.32 Å². The topological polar surface area (TPSA) is 79.9 Å². The molecule has 0 aliphatic heterocycles. The van der Waals surface area contributed by atoms with Crippen LogP contribution in [-0.4, -0.2) is 71.2 Å². The number of quaternary nitrogens is 1. The fraction of sp³-hybridized carbons (Fsp3) is 1.00. The zero-order valence-electron chi connectivity index (χ0n) is 33.1. The van der Waals surface area contributed by atoms with Crippen LogP contribution in [0.1, 0.15) is 194 Å². The van der Waals surface area contributed by atoms with E-state index < -0.39 is 13.9 Å². The molecular formula is C40H85N2O5P. The summed E-state index contributed by atoms with van der Waals surface area (Å²) in [5.74, 6) is 0. The molecule has 2 unspecified atom stereocenters. The molecule has 0 spiro atoms. The summed E-state index contributed by atoms with van der Waals surface area (Å²) in [5, 5.41) is 3.41. The molecule has 0 aliphatic carbocycles. The van der Waals surface area contributed by atoms with Crippen molar-refractivity contribution < 1.29 is 27.7 Å². The minimum atomic E-state index is -4.40. The number of phosphoric acid groups is 1. The minimum absolute atomic E-state index is 0.114. The van der Waals surface area contributed by atoms with Gasteiger partial charge in [0.1, 0.15) is 19.3 Å². The van der Waals surface area contributed by atoms with E-state index in [1.807, 2.05) is 21.1 Å². The summed E-state index contributed by atoms with van der Waals surface area (Å²) in [5.41, 5.74) is 0. The summed E-state index contributed by atoms with van der Waals surface area (Å²) >= 11 is 0. The highest BCUT2D eigenvalue weighted by Gasteiger charge is 2.20. The number of likely N-dealkylation sites (N-methyl/N-ethyl adjacent to an activating group) is 1. The van der Waals surface area contributed by atoms with Crippen LogP contribution in [0.15, 0.2) is 0 Å². The highest BCUT2D eigenvalue weighted by Crippen LogP contribution is 2.39. The predicted molar refractivity (Wildman–Crippen MR) is 206 cm³/mol. The van der Waals surface area contributed by atoms with E-state index in [1.54, 1.807) is 0 Å². The molecule has 0 bridgehead atoms. The van der Waals surface area contributed by atoms with Gasteiger partial charge in [0.2, 0.25) is 0 Å². The molecule has 290 valence electrons. The quantitative estimate of drug-likeness (QED) is 0.0388. The Kier molecular flexibility index (Phi) is 35.4. The van der Waals surface area contributed by atoms with E-state index in [0.29, 0.717) is 24.2 Å². The molecular weight excluding hydrogens is 619 g/mol. The first-order chi connectivity index (χ1) is 23.2. The third-order valence-electron chi connectivity index (χ3n) is 9.31. The summed E-state index contributed by atoms with van der Waals surface area (Å²) in [6.45, 7) is 7.46. The second kappa shape index (κ2) is 35.4. The summed E-state index contributed by atoms with van der Waals surface area (Å²) in [4.78, 5) is 12.5. The first-order valence-electron chi connectivity index (χ1n) is 20.9. The van der Waals surface area contributed by atoms with Gasteiger partial charge in [-0.3, -0.25) is 4.57 Å². The molecule has 1 N–H and O–H groups in total. The zero-order valence-corrected chi connectivity index (χ0v) is 33.9. The van der Waals surface area contributed by atoms with Crippen molar-refractivity contribution in [3.8, 4) is 0 Å². The van der Waals surface area contributed by atoms with Crippen molar-refractivity contribution in [2.24, 2.45) is 0 Å². The van der Waals surface area contributed by atoms with Gasteiger partial charge >= 0.3 is 0 Å². The highest BCUT2D eigenvalue weighted by atomic mass is 31.2. The van der Waals surface area contributed by atoms with Crippen LogP contribution < -0.4 is 10.2 Å². The normalized spacial score (nSPS) is 14.0. The second-order valence-corrected chi connectivity index (χ2v) is 16.9. The molecule has 48 heavy (non-hydrogen) atoms. The highest BCUT2D eigenvalue weighted by molar-refractivity contribution is 7.45. The number of nitrogens with zero attached hydrogens (tertiary/aromatic N) is 1. The third-order valence-corrected chi connectivity index (χ3v) is 10.4. The molecule has 0 aromatic heterocycles. The Morgan fingerprint density at radius 2 is 0.938 bits per heavy atom. The number of ether oxygens (including phenoxy) is 1. The molecule has 0 fully saturated rings. The van der Waals surface area contributed by atoms with Gasteiger partial charge < -0.3 is 28.5 Å². The fourth-order valence-electron chi connectivity index (χ4n) is 6.09. The summed E-state index contributed by atoms with van der Waals surface area (Å²) in [6, 6.07) is 0. The lowest BCUT2D eigenvalue weighted by molar-refractivity contribution is -0.870. The summed E-state index contributed by atoms with van der Waals surface area (Å²) < 4.78 is 29.7. The van der Waals surface area contributed by atoms with Crippen LogP contribution in [0.4, 0.5) is 0 Å². The van der Waals surface area contributed by atoms with Gasteiger partial charge in [0.15, 0.2) is 0 Å². The maximum absolute atomic E-state index is 12.5. The van der Waals surface area contributed by atoms with Crippen LogP contribution >= 0.6 is 7.82 Å². The summed E-state index contributed by atoms with van der Waals surface area (Å²) in [6.07, 6.45) is 36.9. The molecule has 0 rings (SSSR count). The van der Waals surface area contributed by atoms with Crippen LogP contribution in [0.5, 0.6) is 0 Å². The summed E-state index contributed by atoms with van der Waals surface area (Å²) in [7, 11) is 1.63. The van der Waals surface area contributed by atoms with E-state index in [-0.39, 0.29) is 13.2 Å². The van der Waals surface area contributed by atoms with Crippen LogP contribution in [-0.2, 0) is 18.3 Å². The molecule has 7 nitrogen and oxygen atoms in total. The van der Waals surface area contributed by atoms with Crippen molar-refractivity contribution in [2.45, 2.75) is 200 Å². The van der Waals surface area contributed by atoms with E-state index in [4.69, 9.17) is 13.8 Å². The molecule has 0 aromatic carbocycles. The second-order valence-electron chi connectivity index (χ2n) is 15.5. The number of hydrogen-bond donors (Lipinski definition) is 1. The average Bonchev–Trinajstić information content (AvgIpc) is 3.03. The van der Waals surface area contributed by atoms with Crippen molar-refractivity contribution in [2.75, 3.05) is 60.6 Å². The SMILES string of the molecule is CCCCCCCCCCCCCCCCCCCCNCC(COCCCCCCCCCCCC)OP(=O)([O-])OCC[N+](C)(C)C. The molecule has 2 atom stereocenters. The Hall–Kier alpha value is -0.0100. The Labute approximate surface area is 300 Å². The number of rotatable bonds is 40. The Balaban J connectivity index is 3.99. The average molecular weight is 705 g/mol. The van der Waals surface area contributed by atoms with Gasteiger partial charge in [0.05, 0.1) is 27.7 Å². The molecule has 8 heteroatoms. The van der Waals surface area contributed by atoms with Gasteiger partial charge in [-0.1, -0.05) is 181 Å². The smallest absolute Gasteiger partial charge is 0.268 e. The van der Waals surface area contributed by atoms with Crippen molar-refractivity contribution in [3.63, 3.8) is 0 Å². The van der Waals surface area contributed by atoms with Gasteiger partial charge in [-0.05, 0) is 19.4 Å².